The van der Waals surface area contributed by atoms with E-state index in [1.165, 1.54) is 6.42 Å². The standard InChI is InChI=1S/C23H44O10/c1-2-3-4-5-6-7-8-32-23(31)13-9-16(26)20(29)15(12-25)22(13)33-18-10-17(27)19(28)14(11-24)21(18)30/h13-31H,2-12H2,1H3. The quantitative estimate of drug-likeness (QED) is 0.119. The SMILES string of the molecule is CCCCCCCCOC(O)C1CC(O)C(O)C(CO)C1OC1CC(O)C(O)C(CO)C1O. The minimum Gasteiger partial charge on any atom is -0.396 e. The van der Waals surface area contributed by atoms with E-state index in [1.807, 2.05) is 0 Å². The van der Waals surface area contributed by atoms with Crippen molar-refractivity contribution in [1.82, 2.24) is 0 Å². The molecule has 8 N–H and O–H groups in total. The number of hydrogen-bond acceptors (Lipinski definition) is 10. The van der Waals surface area contributed by atoms with Gasteiger partial charge in [0.05, 0.1) is 55.9 Å². The van der Waals surface area contributed by atoms with Crippen LogP contribution in [0.15, 0.2) is 0 Å². The smallest absolute Gasteiger partial charge is 0.159 e. The summed E-state index contributed by atoms with van der Waals surface area (Å²) in [7, 11) is 0. The van der Waals surface area contributed by atoms with Crippen molar-refractivity contribution in [2.75, 3.05) is 19.8 Å². The van der Waals surface area contributed by atoms with Crippen LogP contribution in [-0.4, -0.2) is 110 Å². The van der Waals surface area contributed by atoms with E-state index in [1.54, 1.807) is 0 Å². The van der Waals surface area contributed by atoms with Gasteiger partial charge in [0.1, 0.15) is 0 Å². The average Bonchev–Trinajstić information content (AvgIpc) is 2.79. The lowest BCUT2D eigenvalue weighted by Crippen LogP contribution is -2.60. The van der Waals surface area contributed by atoms with Crippen LogP contribution in [0.2, 0.25) is 0 Å². The predicted molar refractivity (Wildman–Crippen MR) is 118 cm³/mol. The first-order valence-corrected chi connectivity index (χ1v) is 12.3. The molecular weight excluding hydrogens is 436 g/mol. The first-order valence-electron chi connectivity index (χ1n) is 12.3. The second-order valence-corrected chi connectivity index (χ2v) is 9.60. The van der Waals surface area contributed by atoms with Crippen molar-refractivity contribution in [3.05, 3.63) is 0 Å². The van der Waals surface area contributed by atoms with Crippen LogP contribution in [0.25, 0.3) is 0 Å². The van der Waals surface area contributed by atoms with Crippen molar-refractivity contribution in [1.29, 1.82) is 0 Å². The molecule has 11 atom stereocenters. The molecule has 10 heteroatoms. The second kappa shape index (κ2) is 14.2. The third-order valence-corrected chi connectivity index (χ3v) is 7.22. The molecule has 0 spiro atoms. The highest BCUT2D eigenvalue weighted by molar-refractivity contribution is 4.98. The number of unbranched alkanes of at least 4 members (excludes halogenated alkanes) is 5. The summed E-state index contributed by atoms with van der Waals surface area (Å²) in [6.07, 6.45) is -3.59. The highest BCUT2D eigenvalue weighted by Crippen LogP contribution is 2.38. The largest absolute Gasteiger partial charge is 0.396 e. The molecular formula is C23H44O10. The van der Waals surface area contributed by atoms with Crippen LogP contribution in [0.4, 0.5) is 0 Å². The van der Waals surface area contributed by atoms with Crippen LogP contribution in [0.3, 0.4) is 0 Å². The number of hydrogen-bond donors (Lipinski definition) is 8. The molecule has 0 aliphatic heterocycles. The van der Waals surface area contributed by atoms with Crippen LogP contribution in [0, 0.1) is 17.8 Å². The molecule has 0 saturated heterocycles. The lowest BCUT2D eigenvalue weighted by Gasteiger charge is -2.48. The summed E-state index contributed by atoms with van der Waals surface area (Å²) in [5.41, 5.74) is 0. The summed E-state index contributed by atoms with van der Waals surface area (Å²) < 4.78 is 11.6. The molecule has 33 heavy (non-hydrogen) atoms. The molecule has 11 unspecified atom stereocenters. The van der Waals surface area contributed by atoms with Gasteiger partial charge in [-0.1, -0.05) is 39.0 Å². The summed E-state index contributed by atoms with van der Waals surface area (Å²) >= 11 is 0. The summed E-state index contributed by atoms with van der Waals surface area (Å²) in [6, 6.07) is 0. The molecule has 0 bridgehead atoms. The Hall–Kier alpha value is -0.400. The van der Waals surface area contributed by atoms with E-state index < -0.39 is 80.0 Å². The lowest BCUT2D eigenvalue weighted by atomic mass is 9.74. The summed E-state index contributed by atoms with van der Waals surface area (Å²) in [5, 5.41) is 81.6. The van der Waals surface area contributed by atoms with Crippen molar-refractivity contribution in [2.24, 2.45) is 17.8 Å². The minimum absolute atomic E-state index is 0.0442. The summed E-state index contributed by atoms with van der Waals surface area (Å²) in [5.74, 6) is -2.79. The normalized spacial score (nSPS) is 40.6. The Bertz CT molecular complexity index is 537. The van der Waals surface area contributed by atoms with Gasteiger partial charge < -0.3 is 50.3 Å². The maximum absolute atomic E-state index is 10.7. The van der Waals surface area contributed by atoms with Gasteiger partial charge in [-0.25, -0.2) is 0 Å². The summed E-state index contributed by atoms with van der Waals surface area (Å²) in [4.78, 5) is 0. The van der Waals surface area contributed by atoms with Gasteiger partial charge in [0.25, 0.3) is 0 Å². The molecule has 2 aliphatic carbocycles. The van der Waals surface area contributed by atoms with Gasteiger partial charge in [-0.3, -0.25) is 0 Å². The van der Waals surface area contributed by atoms with E-state index >= 15 is 0 Å². The Balaban J connectivity index is 2.05. The first kappa shape index (κ1) is 28.8. The van der Waals surface area contributed by atoms with E-state index in [9.17, 15) is 40.9 Å². The molecule has 2 saturated carbocycles. The van der Waals surface area contributed by atoms with E-state index in [-0.39, 0.29) is 12.8 Å². The maximum atomic E-state index is 10.7. The summed E-state index contributed by atoms with van der Waals surface area (Å²) in [6.45, 7) is 1.35. The third-order valence-electron chi connectivity index (χ3n) is 7.22. The molecule has 10 nitrogen and oxygen atoms in total. The second-order valence-electron chi connectivity index (χ2n) is 9.60. The Labute approximate surface area is 195 Å². The fraction of sp³-hybridized carbons (Fsp3) is 1.00. The van der Waals surface area contributed by atoms with Crippen molar-refractivity contribution >= 4 is 0 Å². The zero-order valence-corrected chi connectivity index (χ0v) is 19.5. The van der Waals surface area contributed by atoms with Crippen LogP contribution in [0.1, 0.15) is 58.3 Å². The zero-order valence-electron chi connectivity index (χ0n) is 19.5. The minimum atomic E-state index is -1.33. The van der Waals surface area contributed by atoms with Crippen LogP contribution >= 0.6 is 0 Å². The van der Waals surface area contributed by atoms with E-state index in [0.717, 1.165) is 32.1 Å². The Morgan fingerprint density at radius 2 is 1.33 bits per heavy atom. The Morgan fingerprint density at radius 3 is 1.97 bits per heavy atom. The topological polar surface area (TPSA) is 180 Å². The van der Waals surface area contributed by atoms with Crippen molar-refractivity contribution in [2.45, 2.75) is 107 Å². The maximum Gasteiger partial charge on any atom is 0.159 e. The highest BCUT2D eigenvalue weighted by atomic mass is 16.6. The highest BCUT2D eigenvalue weighted by Gasteiger charge is 2.50. The van der Waals surface area contributed by atoms with Gasteiger partial charge >= 0.3 is 0 Å². The van der Waals surface area contributed by atoms with Gasteiger partial charge in [0.2, 0.25) is 0 Å². The fourth-order valence-corrected chi connectivity index (χ4v) is 5.09. The van der Waals surface area contributed by atoms with Crippen molar-refractivity contribution in [3.63, 3.8) is 0 Å². The molecule has 0 aromatic heterocycles. The van der Waals surface area contributed by atoms with Gasteiger partial charge in [-0.15, -0.1) is 0 Å². The van der Waals surface area contributed by atoms with Crippen LogP contribution in [-0.2, 0) is 9.47 Å². The molecule has 2 rings (SSSR count). The molecule has 0 aromatic carbocycles. The van der Waals surface area contributed by atoms with Crippen molar-refractivity contribution < 1.29 is 50.3 Å². The monoisotopic (exact) mass is 480 g/mol. The van der Waals surface area contributed by atoms with E-state index in [2.05, 4.69) is 6.92 Å². The fourth-order valence-electron chi connectivity index (χ4n) is 5.09. The Kier molecular flexibility index (Phi) is 12.4. The number of aliphatic hydroxyl groups is 8. The molecule has 0 radical (unpaired) electrons. The van der Waals surface area contributed by atoms with E-state index in [4.69, 9.17) is 9.47 Å². The van der Waals surface area contributed by atoms with E-state index in [0.29, 0.717) is 6.61 Å². The number of rotatable bonds is 13. The molecule has 0 aromatic rings. The van der Waals surface area contributed by atoms with Gasteiger partial charge in [-0.05, 0) is 12.8 Å². The Morgan fingerprint density at radius 1 is 0.758 bits per heavy atom. The zero-order chi connectivity index (χ0) is 24.5. The van der Waals surface area contributed by atoms with Gasteiger partial charge in [0, 0.05) is 30.8 Å². The molecule has 2 fully saturated rings. The number of ether oxygens (including phenoxy) is 2. The average molecular weight is 481 g/mol. The van der Waals surface area contributed by atoms with Crippen LogP contribution < -0.4 is 0 Å². The molecule has 196 valence electrons. The first-order chi connectivity index (χ1) is 15.8. The van der Waals surface area contributed by atoms with Gasteiger partial charge in [-0.2, -0.15) is 0 Å². The lowest BCUT2D eigenvalue weighted by molar-refractivity contribution is -0.256. The van der Waals surface area contributed by atoms with Gasteiger partial charge in [0.15, 0.2) is 6.29 Å². The molecule has 2 aliphatic rings. The molecule has 0 heterocycles. The number of aliphatic hydroxyl groups excluding tert-OH is 8. The van der Waals surface area contributed by atoms with Crippen molar-refractivity contribution in [3.8, 4) is 0 Å². The predicted octanol–water partition coefficient (Wildman–Crippen LogP) is -1.12. The molecule has 0 amide bonds. The third kappa shape index (κ3) is 7.54. The van der Waals surface area contributed by atoms with Crippen LogP contribution in [0.5, 0.6) is 0 Å².